The van der Waals surface area contributed by atoms with Crippen molar-refractivity contribution < 1.29 is 19.5 Å². The maximum absolute atomic E-state index is 11.9. The number of carbonyl (C=O) groups excluding carboxylic acids is 3. The summed E-state index contributed by atoms with van der Waals surface area (Å²) in [7, 11) is 0. The number of hydrogen-bond acceptors (Lipinski definition) is 4. The Morgan fingerprint density at radius 2 is 1.95 bits per heavy atom. The minimum absolute atomic E-state index is 0.102. The van der Waals surface area contributed by atoms with E-state index in [2.05, 4.69) is 5.32 Å². The first-order valence-electron chi connectivity index (χ1n) is 7.04. The lowest BCUT2D eigenvalue weighted by Crippen LogP contribution is -2.26. The van der Waals surface area contributed by atoms with Crippen LogP contribution in [0, 0.1) is 6.92 Å². The number of benzene rings is 1. The molecule has 114 valence electrons. The topological polar surface area (TPSA) is 83.5 Å². The monoisotopic (exact) mass is 291 g/mol. The van der Waals surface area contributed by atoms with Gasteiger partial charge in [-0.15, -0.1) is 0 Å². The van der Waals surface area contributed by atoms with Crippen LogP contribution in [0.3, 0.4) is 0 Å². The van der Waals surface area contributed by atoms with Gasteiger partial charge in [-0.1, -0.05) is 25.1 Å². The summed E-state index contributed by atoms with van der Waals surface area (Å²) in [6.45, 7) is 3.71. The van der Waals surface area contributed by atoms with Crippen molar-refractivity contribution in [3.8, 4) is 0 Å². The summed E-state index contributed by atoms with van der Waals surface area (Å²) in [4.78, 5) is 35.1. The number of rotatable bonds is 8. The van der Waals surface area contributed by atoms with Gasteiger partial charge in [0.05, 0.1) is 6.42 Å². The molecule has 21 heavy (non-hydrogen) atoms. The molecule has 1 rings (SSSR count). The van der Waals surface area contributed by atoms with Crippen LogP contribution in [0.4, 0.5) is 5.69 Å². The lowest BCUT2D eigenvalue weighted by atomic mass is 10.0. The number of anilines is 1. The van der Waals surface area contributed by atoms with Crippen molar-refractivity contribution in [2.24, 2.45) is 0 Å². The van der Waals surface area contributed by atoms with E-state index in [0.29, 0.717) is 12.1 Å². The average Bonchev–Trinajstić information content (AvgIpc) is 2.46. The lowest BCUT2D eigenvalue weighted by molar-refractivity contribution is -0.137. The second-order valence-electron chi connectivity index (χ2n) is 4.88. The summed E-state index contributed by atoms with van der Waals surface area (Å²) in [6.07, 6.45) is 0.742. The Bertz CT molecular complexity index is 537. The van der Waals surface area contributed by atoms with Crippen molar-refractivity contribution >= 4 is 23.2 Å². The van der Waals surface area contributed by atoms with Gasteiger partial charge in [0.1, 0.15) is 5.78 Å². The molecule has 0 unspecified atom stereocenters. The number of hydrogen-bond donors (Lipinski definition) is 2. The molecule has 0 aliphatic carbocycles. The maximum Gasteiger partial charge on any atom is 0.292 e. The van der Waals surface area contributed by atoms with Gasteiger partial charge in [0.15, 0.2) is 0 Å². The Morgan fingerprint density at radius 1 is 1.24 bits per heavy atom. The highest BCUT2D eigenvalue weighted by atomic mass is 16.3. The van der Waals surface area contributed by atoms with E-state index in [1.54, 1.807) is 0 Å². The molecule has 1 aromatic rings. The second kappa shape index (κ2) is 8.32. The maximum atomic E-state index is 11.9. The Kier molecular flexibility index (Phi) is 6.75. The van der Waals surface area contributed by atoms with Crippen molar-refractivity contribution in [2.75, 3.05) is 11.9 Å². The van der Waals surface area contributed by atoms with Gasteiger partial charge in [-0.3, -0.25) is 14.4 Å². The largest absolute Gasteiger partial charge is 0.396 e. The van der Waals surface area contributed by atoms with Gasteiger partial charge in [-0.25, -0.2) is 0 Å². The predicted molar refractivity (Wildman–Crippen MR) is 80.1 cm³/mol. The molecule has 5 nitrogen and oxygen atoms in total. The molecule has 0 aliphatic heterocycles. The zero-order chi connectivity index (χ0) is 15.8. The third-order valence-corrected chi connectivity index (χ3v) is 3.20. The first kappa shape index (κ1) is 17.0. The van der Waals surface area contributed by atoms with Crippen LogP contribution in [0.2, 0.25) is 0 Å². The summed E-state index contributed by atoms with van der Waals surface area (Å²) >= 11 is 0. The fourth-order valence-corrected chi connectivity index (χ4v) is 2.01. The molecule has 0 aliphatic rings. The van der Waals surface area contributed by atoms with E-state index in [4.69, 9.17) is 5.11 Å². The smallest absolute Gasteiger partial charge is 0.292 e. The van der Waals surface area contributed by atoms with Gasteiger partial charge in [0.2, 0.25) is 5.78 Å². The highest BCUT2D eigenvalue weighted by Crippen LogP contribution is 2.21. The number of aliphatic hydroxyl groups excluding tert-OH is 1. The molecule has 2 N–H and O–H groups in total. The number of aryl methyl sites for hydroxylation is 2. The fourth-order valence-electron chi connectivity index (χ4n) is 2.01. The van der Waals surface area contributed by atoms with E-state index in [1.165, 1.54) is 0 Å². The SMILES string of the molecule is CCc1cccc(C)c1NC(=O)C(=O)CC(=O)CCCO. The molecule has 0 saturated heterocycles. The van der Waals surface area contributed by atoms with Gasteiger partial charge < -0.3 is 10.4 Å². The van der Waals surface area contributed by atoms with Gasteiger partial charge in [0, 0.05) is 18.7 Å². The van der Waals surface area contributed by atoms with Crippen LogP contribution >= 0.6 is 0 Å². The first-order valence-corrected chi connectivity index (χ1v) is 7.04. The molecule has 0 saturated carbocycles. The van der Waals surface area contributed by atoms with E-state index in [0.717, 1.165) is 17.5 Å². The van der Waals surface area contributed by atoms with Crippen LogP contribution in [-0.2, 0) is 20.8 Å². The van der Waals surface area contributed by atoms with Crippen LogP contribution in [0.5, 0.6) is 0 Å². The lowest BCUT2D eigenvalue weighted by Gasteiger charge is -2.12. The molecule has 0 atom stereocenters. The Labute approximate surface area is 124 Å². The molecule has 5 heteroatoms. The Hall–Kier alpha value is -2.01. The Balaban J connectivity index is 2.69. The highest BCUT2D eigenvalue weighted by Gasteiger charge is 2.19. The third kappa shape index (κ3) is 5.11. The minimum atomic E-state index is -0.767. The summed E-state index contributed by atoms with van der Waals surface area (Å²) in [5, 5.41) is 11.2. The minimum Gasteiger partial charge on any atom is -0.396 e. The molecular weight excluding hydrogens is 270 g/mol. The third-order valence-electron chi connectivity index (χ3n) is 3.20. The molecule has 0 heterocycles. The summed E-state index contributed by atoms with van der Waals surface area (Å²) in [5.74, 6) is -1.84. The number of amides is 1. The van der Waals surface area contributed by atoms with Gasteiger partial charge in [-0.05, 0) is 30.9 Å². The average molecular weight is 291 g/mol. The summed E-state index contributed by atoms with van der Waals surface area (Å²) in [6, 6.07) is 5.63. The number of nitrogens with one attached hydrogen (secondary N) is 1. The number of ketones is 2. The molecule has 0 radical (unpaired) electrons. The molecule has 0 aromatic heterocycles. The predicted octanol–water partition coefficient (Wildman–Crippen LogP) is 1.80. The van der Waals surface area contributed by atoms with Crippen molar-refractivity contribution in [2.45, 2.75) is 39.5 Å². The van der Waals surface area contributed by atoms with Crippen molar-refractivity contribution in [3.05, 3.63) is 29.3 Å². The number of aliphatic hydroxyl groups is 1. The first-order chi connectivity index (χ1) is 9.99. The standard InChI is InChI=1S/C16H21NO4/c1-3-12-7-4-6-11(2)15(12)17-16(21)14(20)10-13(19)8-5-9-18/h4,6-7,18H,3,5,8-10H2,1-2H3,(H,17,21). The van der Waals surface area contributed by atoms with Crippen LogP contribution in [0.25, 0.3) is 0 Å². The summed E-state index contributed by atoms with van der Waals surface area (Å²) in [5.41, 5.74) is 2.46. The molecule has 0 fully saturated rings. The normalized spacial score (nSPS) is 10.2. The van der Waals surface area contributed by atoms with Gasteiger partial charge in [-0.2, -0.15) is 0 Å². The highest BCUT2D eigenvalue weighted by molar-refractivity contribution is 6.43. The van der Waals surface area contributed by atoms with Gasteiger partial charge in [0.25, 0.3) is 5.91 Å². The van der Waals surface area contributed by atoms with E-state index in [-0.39, 0.29) is 18.8 Å². The van der Waals surface area contributed by atoms with Crippen molar-refractivity contribution in [1.82, 2.24) is 0 Å². The van der Waals surface area contributed by atoms with Crippen molar-refractivity contribution in [3.63, 3.8) is 0 Å². The molecule has 0 bridgehead atoms. The number of carbonyl (C=O) groups is 3. The van der Waals surface area contributed by atoms with Crippen molar-refractivity contribution in [1.29, 1.82) is 0 Å². The van der Waals surface area contributed by atoms with E-state index in [1.807, 2.05) is 32.0 Å². The number of Topliss-reactive ketones (excluding diaryl/α,β-unsaturated/α-hetero) is 2. The zero-order valence-corrected chi connectivity index (χ0v) is 12.4. The van der Waals surface area contributed by atoms with Gasteiger partial charge >= 0.3 is 0 Å². The second-order valence-corrected chi connectivity index (χ2v) is 4.88. The Morgan fingerprint density at radius 3 is 2.57 bits per heavy atom. The zero-order valence-electron chi connectivity index (χ0n) is 12.4. The quantitative estimate of drug-likeness (QED) is 0.565. The molecule has 1 aromatic carbocycles. The number of para-hydroxylation sites is 1. The fraction of sp³-hybridized carbons (Fsp3) is 0.438. The van der Waals surface area contributed by atoms with E-state index < -0.39 is 18.1 Å². The van der Waals surface area contributed by atoms with Crippen LogP contribution in [0.1, 0.15) is 37.3 Å². The summed E-state index contributed by atoms with van der Waals surface area (Å²) < 4.78 is 0. The van der Waals surface area contributed by atoms with E-state index in [9.17, 15) is 14.4 Å². The molecule has 0 spiro atoms. The van der Waals surface area contributed by atoms with Crippen LogP contribution in [0.15, 0.2) is 18.2 Å². The van der Waals surface area contributed by atoms with Crippen LogP contribution in [-0.4, -0.2) is 29.2 Å². The molecular formula is C16H21NO4. The van der Waals surface area contributed by atoms with Crippen LogP contribution < -0.4 is 5.32 Å². The molecule has 1 amide bonds. The van der Waals surface area contributed by atoms with E-state index >= 15 is 0 Å².